The van der Waals surface area contributed by atoms with Gasteiger partial charge in [-0.15, -0.1) is 11.3 Å². The van der Waals surface area contributed by atoms with E-state index in [1.54, 1.807) is 22.3 Å². The Morgan fingerprint density at radius 2 is 2.32 bits per heavy atom. The highest BCUT2D eigenvalue weighted by Crippen LogP contribution is 2.09. The molecule has 2 N–H and O–H groups in total. The maximum atomic E-state index is 11.6. The molecule has 1 fully saturated rings. The molecule has 1 amide bonds. The molecule has 1 saturated heterocycles. The van der Waals surface area contributed by atoms with Crippen molar-refractivity contribution in [3.8, 4) is 0 Å². The summed E-state index contributed by atoms with van der Waals surface area (Å²) in [6.45, 7) is 5.77. The van der Waals surface area contributed by atoms with Gasteiger partial charge >= 0.3 is 0 Å². The molecule has 0 bridgehead atoms. The molecule has 0 spiro atoms. The van der Waals surface area contributed by atoms with Crippen molar-refractivity contribution in [2.24, 2.45) is 0 Å². The van der Waals surface area contributed by atoms with Crippen LogP contribution in [0.4, 0.5) is 0 Å². The van der Waals surface area contributed by atoms with E-state index in [1.165, 1.54) is 0 Å². The highest BCUT2D eigenvalue weighted by molar-refractivity contribution is 7.10. The second-order valence-corrected chi connectivity index (χ2v) is 5.58. The summed E-state index contributed by atoms with van der Waals surface area (Å²) >= 11 is 1.63. The van der Waals surface area contributed by atoms with Gasteiger partial charge in [-0.1, -0.05) is 6.07 Å². The number of thiophene rings is 1. The SMILES string of the molecule is O=C(/C=C/c1cccs1)NCCC[NH+]1CCOCC1. The number of nitrogens with one attached hydrogen (secondary N) is 2. The summed E-state index contributed by atoms with van der Waals surface area (Å²) in [5.41, 5.74) is 0. The van der Waals surface area contributed by atoms with Gasteiger partial charge < -0.3 is 15.0 Å². The van der Waals surface area contributed by atoms with E-state index in [0.29, 0.717) is 0 Å². The number of hydrogen-bond acceptors (Lipinski definition) is 3. The van der Waals surface area contributed by atoms with Crippen LogP contribution in [0.25, 0.3) is 6.08 Å². The first-order chi connectivity index (χ1) is 9.34. The maximum Gasteiger partial charge on any atom is 0.244 e. The fraction of sp³-hybridized carbons (Fsp3) is 0.500. The van der Waals surface area contributed by atoms with Gasteiger partial charge in [0.2, 0.25) is 5.91 Å². The van der Waals surface area contributed by atoms with E-state index < -0.39 is 0 Å². The van der Waals surface area contributed by atoms with Crippen molar-refractivity contribution in [3.63, 3.8) is 0 Å². The fourth-order valence-corrected chi connectivity index (χ4v) is 2.68. The van der Waals surface area contributed by atoms with Gasteiger partial charge in [-0.05, 0) is 17.5 Å². The van der Waals surface area contributed by atoms with Gasteiger partial charge in [0.1, 0.15) is 13.1 Å². The largest absolute Gasteiger partial charge is 0.370 e. The van der Waals surface area contributed by atoms with E-state index in [4.69, 9.17) is 4.74 Å². The van der Waals surface area contributed by atoms with Gasteiger partial charge in [-0.2, -0.15) is 0 Å². The number of hydrogen-bond donors (Lipinski definition) is 2. The van der Waals surface area contributed by atoms with Crippen LogP contribution in [0.2, 0.25) is 0 Å². The van der Waals surface area contributed by atoms with E-state index in [0.717, 1.165) is 50.7 Å². The van der Waals surface area contributed by atoms with Crippen LogP contribution in [0.15, 0.2) is 23.6 Å². The Balaban J connectivity index is 1.56. The summed E-state index contributed by atoms with van der Waals surface area (Å²) in [4.78, 5) is 14.3. The molecular weight excluding hydrogens is 260 g/mol. The first-order valence-electron chi connectivity index (χ1n) is 6.75. The molecule has 0 atom stereocenters. The number of morpholine rings is 1. The van der Waals surface area contributed by atoms with Gasteiger partial charge in [-0.3, -0.25) is 4.79 Å². The van der Waals surface area contributed by atoms with Crippen molar-refractivity contribution < 1.29 is 14.4 Å². The summed E-state index contributed by atoms with van der Waals surface area (Å²) in [6, 6.07) is 3.98. The molecule has 1 aromatic rings. The van der Waals surface area contributed by atoms with Crippen molar-refractivity contribution in [3.05, 3.63) is 28.5 Å². The van der Waals surface area contributed by atoms with Crippen LogP contribution < -0.4 is 10.2 Å². The maximum absolute atomic E-state index is 11.6. The van der Waals surface area contributed by atoms with Gasteiger partial charge in [-0.25, -0.2) is 0 Å². The standard InChI is InChI=1S/C14H20N2O2S/c17-14(5-4-13-3-1-12-19-13)15-6-2-7-16-8-10-18-11-9-16/h1,3-5,12H,2,6-11H2,(H,15,17)/p+1/b5-4+. The first kappa shape index (κ1) is 14.2. The molecule has 104 valence electrons. The summed E-state index contributed by atoms with van der Waals surface area (Å²) in [6.07, 6.45) is 4.48. The van der Waals surface area contributed by atoms with E-state index in [1.807, 2.05) is 23.6 Å². The average molecular weight is 281 g/mol. The van der Waals surface area contributed by atoms with Crippen molar-refractivity contribution in [2.45, 2.75) is 6.42 Å². The minimum Gasteiger partial charge on any atom is -0.370 e. The van der Waals surface area contributed by atoms with E-state index >= 15 is 0 Å². The van der Waals surface area contributed by atoms with Gasteiger partial charge in [0.15, 0.2) is 0 Å². The lowest BCUT2D eigenvalue weighted by Crippen LogP contribution is -3.14. The van der Waals surface area contributed by atoms with E-state index in [2.05, 4.69) is 5.32 Å². The van der Waals surface area contributed by atoms with Crippen molar-refractivity contribution in [1.29, 1.82) is 0 Å². The second-order valence-electron chi connectivity index (χ2n) is 4.61. The summed E-state index contributed by atoms with van der Waals surface area (Å²) in [5.74, 6) is -0.00891. The molecule has 2 heterocycles. The lowest BCUT2D eigenvalue weighted by molar-refractivity contribution is -0.908. The molecule has 1 aromatic heterocycles. The predicted molar refractivity (Wildman–Crippen MR) is 77.4 cm³/mol. The minimum atomic E-state index is -0.00891. The van der Waals surface area contributed by atoms with Gasteiger partial charge in [0, 0.05) is 23.9 Å². The Bertz CT molecular complexity index is 398. The van der Waals surface area contributed by atoms with Gasteiger partial charge in [0.25, 0.3) is 0 Å². The van der Waals surface area contributed by atoms with E-state index in [9.17, 15) is 4.79 Å². The fourth-order valence-electron chi connectivity index (χ4n) is 2.06. The Morgan fingerprint density at radius 3 is 3.05 bits per heavy atom. The molecule has 1 aliphatic heterocycles. The number of quaternary nitrogens is 1. The quantitative estimate of drug-likeness (QED) is 0.577. The third-order valence-corrected chi connectivity index (χ3v) is 3.99. The third kappa shape index (κ3) is 5.55. The molecule has 0 saturated carbocycles. The number of rotatable bonds is 6. The van der Waals surface area contributed by atoms with Crippen LogP contribution in [0.5, 0.6) is 0 Å². The normalized spacial score (nSPS) is 16.8. The summed E-state index contributed by atoms with van der Waals surface area (Å²) < 4.78 is 5.31. The number of carbonyl (C=O) groups is 1. The lowest BCUT2D eigenvalue weighted by atomic mass is 10.3. The molecule has 2 rings (SSSR count). The first-order valence-corrected chi connectivity index (χ1v) is 7.63. The summed E-state index contributed by atoms with van der Waals surface area (Å²) in [7, 11) is 0. The smallest absolute Gasteiger partial charge is 0.244 e. The average Bonchev–Trinajstić information content (AvgIpc) is 2.96. The minimum absolute atomic E-state index is 0.00891. The van der Waals surface area contributed by atoms with Crippen LogP contribution in [0.3, 0.4) is 0 Å². The van der Waals surface area contributed by atoms with E-state index in [-0.39, 0.29) is 5.91 Å². The van der Waals surface area contributed by atoms with Gasteiger partial charge in [0.05, 0.1) is 19.8 Å². The van der Waals surface area contributed by atoms with Crippen molar-refractivity contribution >= 4 is 23.3 Å². The zero-order valence-electron chi connectivity index (χ0n) is 11.1. The van der Waals surface area contributed by atoms with Crippen LogP contribution >= 0.6 is 11.3 Å². The number of ether oxygens (including phenoxy) is 1. The molecule has 0 unspecified atom stereocenters. The van der Waals surface area contributed by atoms with Crippen LogP contribution in [-0.2, 0) is 9.53 Å². The molecule has 0 radical (unpaired) electrons. The Kier molecular flexibility index (Phi) is 6.07. The second kappa shape index (κ2) is 8.09. The Labute approximate surface area is 118 Å². The summed E-state index contributed by atoms with van der Waals surface area (Å²) in [5, 5.41) is 4.92. The molecule has 0 aliphatic carbocycles. The van der Waals surface area contributed by atoms with Crippen molar-refractivity contribution in [2.75, 3.05) is 39.4 Å². The monoisotopic (exact) mass is 281 g/mol. The molecule has 1 aliphatic rings. The Morgan fingerprint density at radius 1 is 1.47 bits per heavy atom. The number of carbonyl (C=O) groups excluding carboxylic acids is 1. The highest BCUT2D eigenvalue weighted by Gasteiger charge is 2.12. The zero-order valence-corrected chi connectivity index (χ0v) is 11.9. The molecule has 4 nitrogen and oxygen atoms in total. The van der Waals surface area contributed by atoms with Crippen molar-refractivity contribution in [1.82, 2.24) is 5.32 Å². The zero-order chi connectivity index (χ0) is 13.3. The predicted octanol–water partition coefficient (Wildman–Crippen LogP) is 0.183. The topological polar surface area (TPSA) is 42.8 Å². The molecule has 0 aromatic carbocycles. The molecular formula is C14H21N2O2S+. The van der Waals surface area contributed by atoms with Crippen LogP contribution in [0, 0.1) is 0 Å². The van der Waals surface area contributed by atoms with Crippen LogP contribution in [-0.4, -0.2) is 45.3 Å². The highest BCUT2D eigenvalue weighted by atomic mass is 32.1. The number of amides is 1. The third-order valence-electron chi connectivity index (χ3n) is 3.15. The Hall–Kier alpha value is -1.17. The molecule has 19 heavy (non-hydrogen) atoms. The van der Waals surface area contributed by atoms with Crippen LogP contribution in [0.1, 0.15) is 11.3 Å². The molecule has 5 heteroatoms. The lowest BCUT2D eigenvalue weighted by Gasteiger charge is -2.23.